The van der Waals surface area contributed by atoms with Gasteiger partial charge in [-0.15, -0.1) is 0 Å². The number of hydrogen-bond acceptors (Lipinski definition) is 4. The van der Waals surface area contributed by atoms with E-state index in [-0.39, 0.29) is 12.4 Å². The summed E-state index contributed by atoms with van der Waals surface area (Å²) in [5, 5.41) is 19.3. The molecule has 0 amide bonds. The molecule has 1 saturated heterocycles. The van der Waals surface area contributed by atoms with E-state index in [4.69, 9.17) is 9.47 Å². The highest BCUT2D eigenvalue weighted by Gasteiger charge is 2.34. The van der Waals surface area contributed by atoms with E-state index in [1.54, 1.807) is 6.92 Å². The van der Waals surface area contributed by atoms with Gasteiger partial charge in [-0.1, -0.05) is 64.7 Å². The second-order valence-corrected chi connectivity index (χ2v) is 6.62. The first kappa shape index (κ1) is 19.9. The third-order valence-corrected chi connectivity index (χ3v) is 4.48. The number of hydrogen-bond donors (Lipinski definition) is 2. The number of aliphatic hydroxyl groups is 2. The molecule has 0 aliphatic carbocycles. The van der Waals surface area contributed by atoms with Crippen LogP contribution in [0.5, 0.6) is 0 Å². The van der Waals surface area contributed by atoms with E-state index in [2.05, 4.69) is 6.92 Å². The fourth-order valence-electron chi connectivity index (χ4n) is 2.94. The van der Waals surface area contributed by atoms with Gasteiger partial charge in [0.2, 0.25) is 0 Å². The van der Waals surface area contributed by atoms with Crippen LogP contribution in [0, 0.1) is 0 Å². The Morgan fingerprint density at radius 3 is 2.00 bits per heavy atom. The minimum atomic E-state index is -0.794. The zero-order valence-electron chi connectivity index (χ0n) is 14.5. The Morgan fingerprint density at radius 2 is 1.45 bits per heavy atom. The number of ether oxygens (including phenoxy) is 2. The van der Waals surface area contributed by atoms with Crippen LogP contribution in [-0.4, -0.2) is 41.4 Å². The van der Waals surface area contributed by atoms with Crippen LogP contribution >= 0.6 is 0 Å². The molecular formula is C18H36O4. The summed E-state index contributed by atoms with van der Waals surface area (Å²) in [4.78, 5) is 0. The van der Waals surface area contributed by atoms with Gasteiger partial charge in [-0.25, -0.2) is 0 Å². The van der Waals surface area contributed by atoms with E-state index in [1.807, 2.05) is 0 Å². The van der Waals surface area contributed by atoms with Crippen LogP contribution in [0.4, 0.5) is 0 Å². The summed E-state index contributed by atoms with van der Waals surface area (Å²) in [6.07, 6.45) is 11.2. The van der Waals surface area contributed by atoms with Gasteiger partial charge in [-0.2, -0.15) is 0 Å². The molecule has 1 aliphatic heterocycles. The predicted octanol–water partition coefficient (Wildman–Crippen LogP) is 3.78. The number of aliphatic hydroxyl groups excluding tert-OH is 2. The minimum Gasteiger partial charge on any atom is -0.390 e. The highest BCUT2D eigenvalue weighted by Crippen LogP contribution is 2.21. The largest absolute Gasteiger partial charge is 0.390 e. The zero-order valence-corrected chi connectivity index (χ0v) is 14.5. The molecule has 0 spiro atoms. The second kappa shape index (κ2) is 12.3. The van der Waals surface area contributed by atoms with E-state index >= 15 is 0 Å². The third-order valence-electron chi connectivity index (χ3n) is 4.48. The molecule has 0 aromatic carbocycles. The smallest absolute Gasteiger partial charge is 0.160 e. The number of rotatable bonds is 12. The maximum absolute atomic E-state index is 9.69. The van der Waals surface area contributed by atoms with Gasteiger partial charge in [0.15, 0.2) is 6.29 Å². The van der Waals surface area contributed by atoms with E-state index < -0.39 is 12.2 Å². The zero-order chi connectivity index (χ0) is 16.2. The van der Waals surface area contributed by atoms with Gasteiger partial charge in [0.05, 0.1) is 12.2 Å². The standard InChI is InChI=1S/C18H36O4/c1-3-4-5-6-7-8-9-10-11-12-13-21-17-14-16(19)18(20)15(2)22-17/h15-20H,3-14H2,1-2H3/t15-,16+,17-,18-/m0/s1. The van der Waals surface area contributed by atoms with Crippen molar-refractivity contribution in [2.24, 2.45) is 0 Å². The Bertz CT molecular complexity index is 247. The van der Waals surface area contributed by atoms with Crippen LogP contribution in [0.1, 0.15) is 84.5 Å². The summed E-state index contributed by atoms with van der Waals surface area (Å²) in [5.41, 5.74) is 0. The number of unbranched alkanes of at least 4 members (excludes halogenated alkanes) is 9. The lowest BCUT2D eigenvalue weighted by Crippen LogP contribution is -2.47. The Hall–Kier alpha value is -0.160. The molecule has 4 nitrogen and oxygen atoms in total. The van der Waals surface area contributed by atoms with Crippen molar-refractivity contribution >= 4 is 0 Å². The molecule has 0 saturated carbocycles. The molecule has 0 unspecified atom stereocenters. The van der Waals surface area contributed by atoms with Gasteiger partial charge in [0.25, 0.3) is 0 Å². The van der Waals surface area contributed by atoms with Crippen molar-refractivity contribution in [3.8, 4) is 0 Å². The molecule has 0 bridgehead atoms. The molecule has 1 heterocycles. The summed E-state index contributed by atoms with van der Waals surface area (Å²) in [6.45, 7) is 4.70. The first-order valence-electron chi connectivity index (χ1n) is 9.28. The van der Waals surface area contributed by atoms with Gasteiger partial charge in [-0.3, -0.25) is 0 Å². The molecular weight excluding hydrogens is 280 g/mol. The quantitative estimate of drug-likeness (QED) is 0.538. The van der Waals surface area contributed by atoms with Crippen molar-refractivity contribution in [1.82, 2.24) is 0 Å². The minimum absolute atomic E-state index is 0.360. The fraction of sp³-hybridized carbons (Fsp3) is 1.00. The van der Waals surface area contributed by atoms with Gasteiger partial charge in [-0.05, 0) is 13.3 Å². The average Bonchev–Trinajstić information content (AvgIpc) is 2.50. The first-order chi connectivity index (χ1) is 10.6. The van der Waals surface area contributed by atoms with Gasteiger partial charge < -0.3 is 19.7 Å². The van der Waals surface area contributed by atoms with Crippen LogP contribution < -0.4 is 0 Å². The van der Waals surface area contributed by atoms with Gasteiger partial charge in [0.1, 0.15) is 6.10 Å². The molecule has 132 valence electrons. The summed E-state index contributed by atoms with van der Waals surface area (Å²) in [7, 11) is 0. The van der Waals surface area contributed by atoms with Gasteiger partial charge >= 0.3 is 0 Å². The van der Waals surface area contributed by atoms with Crippen molar-refractivity contribution in [3.05, 3.63) is 0 Å². The molecule has 1 rings (SSSR count). The van der Waals surface area contributed by atoms with E-state index in [0.717, 1.165) is 6.42 Å². The predicted molar refractivity (Wildman–Crippen MR) is 88.8 cm³/mol. The van der Waals surface area contributed by atoms with Crippen molar-refractivity contribution < 1.29 is 19.7 Å². The first-order valence-corrected chi connectivity index (χ1v) is 9.28. The summed E-state index contributed by atoms with van der Waals surface area (Å²) < 4.78 is 11.2. The van der Waals surface area contributed by atoms with Crippen molar-refractivity contribution in [1.29, 1.82) is 0 Å². The van der Waals surface area contributed by atoms with Crippen LogP contribution in [0.3, 0.4) is 0 Å². The molecule has 22 heavy (non-hydrogen) atoms. The molecule has 2 N–H and O–H groups in total. The molecule has 4 heteroatoms. The normalized spacial score (nSPS) is 28.9. The summed E-state index contributed by atoms with van der Waals surface area (Å²) in [5.74, 6) is 0. The average molecular weight is 316 g/mol. The van der Waals surface area contributed by atoms with Crippen LogP contribution in [0.25, 0.3) is 0 Å². The summed E-state index contributed by atoms with van der Waals surface area (Å²) >= 11 is 0. The monoisotopic (exact) mass is 316 g/mol. The highest BCUT2D eigenvalue weighted by molar-refractivity contribution is 4.79. The molecule has 4 atom stereocenters. The van der Waals surface area contributed by atoms with E-state index in [1.165, 1.54) is 57.8 Å². The topological polar surface area (TPSA) is 58.9 Å². The Kier molecular flexibility index (Phi) is 11.1. The van der Waals surface area contributed by atoms with Crippen LogP contribution in [0.15, 0.2) is 0 Å². The van der Waals surface area contributed by atoms with Crippen molar-refractivity contribution in [2.75, 3.05) is 6.61 Å². The van der Waals surface area contributed by atoms with Gasteiger partial charge in [0, 0.05) is 13.0 Å². The van der Waals surface area contributed by atoms with E-state index in [0.29, 0.717) is 13.0 Å². The lowest BCUT2D eigenvalue weighted by molar-refractivity contribution is -0.246. The molecule has 0 radical (unpaired) electrons. The highest BCUT2D eigenvalue weighted by atomic mass is 16.7. The van der Waals surface area contributed by atoms with E-state index in [9.17, 15) is 10.2 Å². The maximum Gasteiger partial charge on any atom is 0.160 e. The van der Waals surface area contributed by atoms with Crippen LogP contribution in [0.2, 0.25) is 0 Å². The maximum atomic E-state index is 9.69. The molecule has 0 aromatic rings. The van der Waals surface area contributed by atoms with Crippen molar-refractivity contribution in [2.45, 2.75) is 109 Å². The fourth-order valence-corrected chi connectivity index (χ4v) is 2.94. The lowest BCUT2D eigenvalue weighted by atomic mass is 10.0. The third kappa shape index (κ3) is 8.47. The Balaban J connectivity index is 1.87. The molecule has 1 fully saturated rings. The van der Waals surface area contributed by atoms with Crippen LogP contribution in [-0.2, 0) is 9.47 Å². The lowest BCUT2D eigenvalue weighted by Gasteiger charge is -2.35. The SMILES string of the molecule is CCCCCCCCCCCCO[C@@H]1C[C@@H](O)[C@@H](O)[C@H](C)O1. The van der Waals surface area contributed by atoms with Crippen molar-refractivity contribution in [3.63, 3.8) is 0 Å². The Morgan fingerprint density at radius 1 is 0.909 bits per heavy atom. The molecule has 1 aliphatic rings. The molecule has 0 aromatic heterocycles. The second-order valence-electron chi connectivity index (χ2n) is 6.62. The Labute approximate surface area is 136 Å². The summed E-state index contributed by atoms with van der Waals surface area (Å²) in [6, 6.07) is 0.